The molecule has 29 heavy (non-hydrogen) atoms. The highest BCUT2D eigenvalue weighted by molar-refractivity contribution is 9.10. The minimum absolute atomic E-state index is 0.388. The molecule has 0 aliphatic carbocycles. The Morgan fingerprint density at radius 3 is 2.52 bits per heavy atom. The quantitative estimate of drug-likeness (QED) is 0.302. The Kier molecular flexibility index (Phi) is 4.70. The van der Waals surface area contributed by atoms with Gasteiger partial charge in [0.15, 0.2) is 0 Å². The predicted octanol–water partition coefficient (Wildman–Crippen LogP) is 6.57. The Morgan fingerprint density at radius 2 is 1.66 bits per heavy atom. The summed E-state index contributed by atoms with van der Waals surface area (Å²) in [7, 11) is 0. The Labute approximate surface area is 180 Å². The molecule has 0 aliphatic heterocycles. The molecule has 142 valence electrons. The maximum Gasteiger partial charge on any atom is 0.226 e. The summed E-state index contributed by atoms with van der Waals surface area (Å²) >= 11 is 10.1. The van der Waals surface area contributed by atoms with Crippen molar-refractivity contribution >= 4 is 49.3 Å². The number of hydrogen-bond donors (Lipinski definition) is 0. The van der Waals surface area contributed by atoms with Gasteiger partial charge in [-0.25, -0.2) is 0 Å². The molecule has 4 nitrogen and oxygen atoms in total. The van der Waals surface area contributed by atoms with Crippen LogP contribution < -0.4 is 4.74 Å². The summed E-state index contributed by atoms with van der Waals surface area (Å²) in [5, 5.41) is 7.28. The number of aromatic nitrogens is 3. The van der Waals surface area contributed by atoms with Gasteiger partial charge < -0.3 is 4.74 Å². The SMILES string of the molecule is Clc1ccccc1-n1nc2c(cnc3ccccc32)c1OCc1ccccc1Br. The molecule has 0 aliphatic rings. The number of ether oxygens (including phenoxy) is 1. The first-order valence-corrected chi connectivity index (χ1v) is 10.3. The number of rotatable bonds is 4. The second-order valence-corrected chi connectivity index (χ2v) is 7.85. The number of halogens is 2. The third-order valence-corrected chi connectivity index (χ3v) is 5.87. The lowest BCUT2D eigenvalue weighted by molar-refractivity contribution is 0.287. The summed E-state index contributed by atoms with van der Waals surface area (Å²) < 4.78 is 9.05. The van der Waals surface area contributed by atoms with Gasteiger partial charge >= 0.3 is 0 Å². The number of nitrogens with zero attached hydrogens (tertiary/aromatic N) is 3. The molecule has 0 fully saturated rings. The Balaban J connectivity index is 1.71. The van der Waals surface area contributed by atoms with Crippen LogP contribution in [0, 0.1) is 0 Å². The minimum atomic E-state index is 0.388. The Hall–Kier alpha value is -2.89. The molecule has 0 bridgehead atoms. The topological polar surface area (TPSA) is 39.9 Å². The van der Waals surface area contributed by atoms with Crippen molar-refractivity contribution in [3.05, 3.63) is 94.1 Å². The number of para-hydroxylation sites is 2. The summed E-state index contributed by atoms with van der Waals surface area (Å²) in [6.45, 7) is 0.388. The molecule has 0 atom stereocenters. The first kappa shape index (κ1) is 18.2. The smallest absolute Gasteiger partial charge is 0.226 e. The van der Waals surface area contributed by atoms with Crippen molar-refractivity contribution in [3.8, 4) is 11.6 Å². The molecule has 0 radical (unpaired) electrons. The van der Waals surface area contributed by atoms with Crippen LogP contribution >= 0.6 is 27.5 Å². The lowest BCUT2D eigenvalue weighted by Crippen LogP contribution is -2.04. The van der Waals surface area contributed by atoms with Crippen LogP contribution in [0.15, 0.2) is 83.5 Å². The van der Waals surface area contributed by atoms with Gasteiger partial charge in [0.25, 0.3) is 0 Å². The zero-order chi connectivity index (χ0) is 19.8. The fourth-order valence-electron chi connectivity index (χ4n) is 3.34. The number of hydrogen-bond acceptors (Lipinski definition) is 3. The van der Waals surface area contributed by atoms with E-state index in [0.29, 0.717) is 17.5 Å². The second kappa shape index (κ2) is 7.50. The molecule has 5 aromatic rings. The molecule has 3 aromatic carbocycles. The molecule has 2 aromatic heterocycles. The summed E-state index contributed by atoms with van der Waals surface area (Å²) in [5.41, 5.74) is 3.52. The van der Waals surface area contributed by atoms with Gasteiger partial charge in [-0.15, -0.1) is 0 Å². The van der Waals surface area contributed by atoms with E-state index in [2.05, 4.69) is 20.9 Å². The maximum absolute atomic E-state index is 6.48. The van der Waals surface area contributed by atoms with Crippen molar-refractivity contribution in [2.75, 3.05) is 0 Å². The van der Waals surface area contributed by atoms with Gasteiger partial charge in [0, 0.05) is 21.6 Å². The van der Waals surface area contributed by atoms with E-state index in [1.807, 2.05) is 79.0 Å². The fourth-order valence-corrected chi connectivity index (χ4v) is 3.95. The van der Waals surface area contributed by atoms with Crippen molar-refractivity contribution in [1.82, 2.24) is 14.8 Å². The summed E-state index contributed by atoms with van der Waals surface area (Å²) in [5.74, 6) is 0.613. The zero-order valence-corrected chi connectivity index (χ0v) is 17.6. The molecule has 0 saturated carbocycles. The number of fused-ring (bicyclic) bond motifs is 3. The van der Waals surface area contributed by atoms with E-state index in [0.717, 1.165) is 37.5 Å². The summed E-state index contributed by atoms with van der Waals surface area (Å²) in [4.78, 5) is 4.60. The third kappa shape index (κ3) is 3.26. The maximum atomic E-state index is 6.48. The zero-order valence-electron chi connectivity index (χ0n) is 15.2. The lowest BCUT2D eigenvalue weighted by Gasteiger charge is -2.11. The molecule has 0 unspecified atom stereocenters. The predicted molar refractivity (Wildman–Crippen MR) is 120 cm³/mol. The molecular formula is C23H15BrClN3O. The molecule has 0 spiro atoms. The highest BCUT2D eigenvalue weighted by Gasteiger charge is 2.19. The fraction of sp³-hybridized carbons (Fsp3) is 0.0435. The Morgan fingerprint density at radius 1 is 0.897 bits per heavy atom. The van der Waals surface area contributed by atoms with Crippen LogP contribution in [0.4, 0.5) is 0 Å². The van der Waals surface area contributed by atoms with Crippen LogP contribution in [0.5, 0.6) is 5.88 Å². The first-order valence-electron chi connectivity index (χ1n) is 9.10. The molecule has 6 heteroatoms. The molecule has 0 amide bonds. The standard InChI is InChI=1S/C23H15BrClN3O/c24-18-9-3-1-7-15(18)14-29-23-17-13-26-20-11-5-2-8-16(20)22(17)27-28(23)21-12-6-4-10-19(21)25/h1-13H,14H2. The molecule has 5 rings (SSSR count). The van der Waals surface area contributed by atoms with Gasteiger partial charge in [-0.3, -0.25) is 4.98 Å². The van der Waals surface area contributed by atoms with E-state index in [-0.39, 0.29) is 0 Å². The van der Waals surface area contributed by atoms with E-state index >= 15 is 0 Å². The average molecular weight is 465 g/mol. The third-order valence-electron chi connectivity index (χ3n) is 4.77. The molecule has 0 N–H and O–H groups in total. The summed E-state index contributed by atoms with van der Waals surface area (Å²) in [6, 6.07) is 23.5. The average Bonchev–Trinajstić information content (AvgIpc) is 3.12. The normalized spacial score (nSPS) is 11.2. The van der Waals surface area contributed by atoms with E-state index in [4.69, 9.17) is 21.4 Å². The number of benzene rings is 3. The number of pyridine rings is 1. The Bertz CT molecular complexity index is 1350. The lowest BCUT2D eigenvalue weighted by atomic mass is 10.2. The van der Waals surface area contributed by atoms with Gasteiger partial charge in [0.2, 0.25) is 5.88 Å². The van der Waals surface area contributed by atoms with Crippen LogP contribution in [0.2, 0.25) is 5.02 Å². The van der Waals surface area contributed by atoms with Crippen molar-refractivity contribution in [2.45, 2.75) is 6.61 Å². The molecule has 2 heterocycles. The summed E-state index contributed by atoms with van der Waals surface area (Å²) in [6.07, 6.45) is 1.81. The highest BCUT2D eigenvalue weighted by atomic mass is 79.9. The van der Waals surface area contributed by atoms with Crippen LogP contribution in [-0.4, -0.2) is 14.8 Å². The van der Waals surface area contributed by atoms with Crippen molar-refractivity contribution in [3.63, 3.8) is 0 Å². The van der Waals surface area contributed by atoms with Crippen molar-refractivity contribution in [1.29, 1.82) is 0 Å². The molecular weight excluding hydrogens is 450 g/mol. The first-order chi connectivity index (χ1) is 14.2. The largest absolute Gasteiger partial charge is 0.472 e. The highest BCUT2D eigenvalue weighted by Crippen LogP contribution is 2.35. The van der Waals surface area contributed by atoms with Crippen LogP contribution in [0.1, 0.15) is 5.56 Å². The monoisotopic (exact) mass is 463 g/mol. The van der Waals surface area contributed by atoms with Gasteiger partial charge in [-0.1, -0.05) is 76.1 Å². The van der Waals surface area contributed by atoms with E-state index < -0.39 is 0 Å². The van der Waals surface area contributed by atoms with Crippen LogP contribution in [0.3, 0.4) is 0 Å². The van der Waals surface area contributed by atoms with Crippen LogP contribution in [-0.2, 0) is 6.61 Å². The van der Waals surface area contributed by atoms with Gasteiger partial charge in [-0.05, 0) is 24.3 Å². The van der Waals surface area contributed by atoms with Gasteiger partial charge in [-0.2, -0.15) is 9.78 Å². The van der Waals surface area contributed by atoms with E-state index in [1.165, 1.54) is 0 Å². The van der Waals surface area contributed by atoms with Gasteiger partial charge in [0.05, 0.1) is 21.6 Å². The van der Waals surface area contributed by atoms with Gasteiger partial charge in [0.1, 0.15) is 12.1 Å². The van der Waals surface area contributed by atoms with Crippen molar-refractivity contribution < 1.29 is 4.74 Å². The van der Waals surface area contributed by atoms with E-state index in [1.54, 1.807) is 4.68 Å². The molecule has 0 saturated heterocycles. The minimum Gasteiger partial charge on any atom is -0.472 e. The second-order valence-electron chi connectivity index (χ2n) is 6.59. The van der Waals surface area contributed by atoms with Crippen LogP contribution in [0.25, 0.3) is 27.5 Å². The van der Waals surface area contributed by atoms with E-state index in [9.17, 15) is 0 Å². The van der Waals surface area contributed by atoms with Crippen molar-refractivity contribution in [2.24, 2.45) is 0 Å².